The summed E-state index contributed by atoms with van der Waals surface area (Å²) in [6.45, 7) is 4.62. The zero-order valence-corrected chi connectivity index (χ0v) is 12.7. The molecule has 1 amide bonds. The number of hydrogen-bond donors (Lipinski definition) is 2. The van der Waals surface area contributed by atoms with Crippen LogP contribution < -0.4 is 15.4 Å². The van der Waals surface area contributed by atoms with Crippen LogP contribution in [-0.4, -0.2) is 50.6 Å². The van der Waals surface area contributed by atoms with Gasteiger partial charge in [0.2, 0.25) is 5.91 Å². The van der Waals surface area contributed by atoms with Crippen LogP contribution >= 0.6 is 0 Å². The summed E-state index contributed by atoms with van der Waals surface area (Å²) in [7, 11) is 1.62. The van der Waals surface area contributed by atoms with Crippen LogP contribution in [0.5, 0.6) is 5.75 Å². The SMILES string of the molecule is COc1ccc(NC(=O)CNCCN2CCCCC2)cc1. The molecule has 1 heterocycles. The third-order valence-electron chi connectivity index (χ3n) is 3.71. The van der Waals surface area contributed by atoms with Gasteiger partial charge in [-0.2, -0.15) is 0 Å². The molecule has 1 aliphatic rings. The van der Waals surface area contributed by atoms with Gasteiger partial charge in [0.15, 0.2) is 0 Å². The van der Waals surface area contributed by atoms with E-state index in [4.69, 9.17) is 4.74 Å². The molecular formula is C16H25N3O2. The van der Waals surface area contributed by atoms with Crippen molar-refractivity contribution >= 4 is 11.6 Å². The van der Waals surface area contributed by atoms with E-state index in [9.17, 15) is 4.79 Å². The number of hydrogen-bond acceptors (Lipinski definition) is 4. The fraction of sp³-hybridized carbons (Fsp3) is 0.562. The zero-order chi connectivity index (χ0) is 14.9. The fourth-order valence-electron chi connectivity index (χ4n) is 2.50. The zero-order valence-electron chi connectivity index (χ0n) is 12.7. The highest BCUT2D eigenvalue weighted by Crippen LogP contribution is 2.14. The van der Waals surface area contributed by atoms with Crippen LogP contribution in [0.15, 0.2) is 24.3 Å². The van der Waals surface area contributed by atoms with Gasteiger partial charge in [-0.15, -0.1) is 0 Å². The van der Waals surface area contributed by atoms with Crippen molar-refractivity contribution in [1.82, 2.24) is 10.2 Å². The highest BCUT2D eigenvalue weighted by Gasteiger charge is 2.09. The highest BCUT2D eigenvalue weighted by atomic mass is 16.5. The monoisotopic (exact) mass is 291 g/mol. The molecule has 2 N–H and O–H groups in total. The van der Waals surface area contributed by atoms with E-state index in [1.54, 1.807) is 7.11 Å². The molecule has 5 heteroatoms. The first kappa shape index (κ1) is 15.8. The number of carbonyl (C=O) groups is 1. The lowest BCUT2D eigenvalue weighted by atomic mass is 10.1. The number of likely N-dealkylation sites (tertiary alicyclic amines) is 1. The van der Waals surface area contributed by atoms with Crippen molar-refractivity contribution in [3.8, 4) is 5.75 Å². The van der Waals surface area contributed by atoms with Crippen LogP contribution in [-0.2, 0) is 4.79 Å². The maximum atomic E-state index is 11.8. The third kappa shape index (κ3) is 5.73. The molecule has 116 valence electrons. The van der Waals surface area contributed by atoms with Gasteiger partial charge in [0.05, 0.1) is 13.7 Å². The van der Waals surface area contributed by atoms with E-state index in [1.165, 1.54) is 32.4 Å². The first-order valence-corrected chi connectivity index (χ1v) is 7.65. The van der Waals surface area contributed by atoms with Crippen molar-refractivity contribution < 1.29 is 9.53 Å². The van der Waals surface area contributed by atoms with E-state index in [2.05, 4.69) is 15.5 Å². The Morgan fingerprint density at radius 3 is 2.57 bits per heavy atom. The average Bonchev–Trinajstić information content (AvgIpc) is 2.53. The number of carbonyl (C=O) groups excluding carboxylic acids is 1. The third-order valence-corrected chi connectivity index (χ3v) is 3.71. The molecule has 0 bridgehead atoms. The predicted molar refractivity (Wildman–Crippen MR) is 84.8 cm³/mol. The number of anilines is 1. The molecule has 2 rings (SSSR count). The molecule has 0 unspecified atom stereocenters. The molecule has 5 nitrogen and oxygen atoms in total. The first-order valence-electron chi connectivity index (χ1n) is 7.65. The summed E-state index contributed by atoms with van der Waals surface area (Å²) >= 11 is 0. The van der Waals surface area contributed by atoms with Gasteiger partial charge >= 0.3 is 0 Å². The summed E-state index contributed by atoms with van der Waals surface area (Å²) in [5.41, 5.74) is 0.790. The molecule has 1 aromatic rings. The minimum atomic E-state index is -0.0150. The Kier molecular flexibility index (Phi) is 6.50. The van der Waals surface area contributed by atoms with E-state index in [0.717, 1.165) is 24.5 Å². The molecule has 0 atom stereocenters. The summed E-state index contributed by atoms with van der Waals surface area (Å²) in [6, 6.07) is 7.34. The maximum Gasteiger partial charge on any atom is 0.238 e. The maximum absolute atomic E-state index is 11.8. The lowest BCUT2D eigenvalue weighted by Crippen LogP contribution is -2.38. The lowest BCUT2D eigenvalue weighted by Gasteiger charge is -2.26. The molecule has 21 heavy (non-hydrogen) atoms. The Labute approximate surface area is 126 Å². The molecule has 1 aliphatic heterocycles. The van der Waals surface area contributed by atoms with Crippen LogP contribution in [0, 0.1) is 0 Å². The van der Waals surface area contributed by atoms with Crippen LogP contribution in [0.4, 0.5) is 5.69 Å². The number of nitrogens with one attached hydrogen (secondary N) is 2. The van der Waals surface area contributed by atoms with Gasteiger partial charge in [0.25, 0.3) is 0 Å². The van der Waals surface area contributed by atoms with Crippen molar-refractivity contribution in [2.75, 3.05) is 45.2 Å². The predicted octanol–water partition coefficient (Wildman–Crippen LogP) is 1.71. The first-order chi connectivity index (χ1) is 10.3. The highest BCUT2D eigenvalue weighted by molar-refractivity contribution is 5.92. The van der Waals surface area contributed by atoms with E-state index in [0.29, 0.717) is 6.54 Å². The van der Waals surface area contributed by atoms with E-state index in [-0.39, 0.29) is 5.91 Å². The lowest BCUT2D eigenvalue weighted by molar-refractivity contribution is -0.115. The van der Waals surface area contributed by atoms with Crippen molar-refractivity contribution in [1.29, 1.82) is 0 Å². The van der Waals surface area contributed by atoms with Gasteiger partial charge in [-0.05, 0) is 50.2 Å². The van der Waals surface area contributed by atoms with Gasteiger partial charge in [0.1, 0.15) is 5.75 Å². The topological polar surface area (TPSA) is 53.6 Å². The van der Waals surface area contributed by atoms with Crippen molar-refractivity contribution in [2.45, 2.75) is 19.3 Å². The van der Waals surface area contributed by atoms with Crippen LogP contribution in [0.25, 0.3) is 0 Å². The fourth-order valence-corrected chi connectivity index (χ4v) is 2.50. The normalized spacial score (nSPS) is 15.7. The molecule has 0 saturated carbocycles. The smallest absolute Gasteiger partial charge is 0.238 e. The standard InChI is InChI=1S/C16H25N3O2/c1-21-15-7-5-14(6-8-15)18-16(20)13-17-9-12-19-10-3-2-4-11-19/h5-8,17H,2-4,9-13H2,1H3,(H,18,20). The van der Waals surface area contributed by atoms with Crippen LogP contribution in [0.2, 0.25) is 0 Å². The van der Waals surface area contributed by atoms with Crippen LogP contribution in [0.3, 0.4) is 0 Å². The van der Waals surface area contributed by atoms with Gasteiger partial charge in [-0.25, -0.2) is 0 Å². The van der Waals surface area contributed by atoms with Gasteiger partial charge in [-0.3, -0.25) is 4.79 Å². The summed E-state index contributed by atoms with van der Waals surface area (Å²) in [5, 5.41) is 6.06. The number of rotatable bonds is 7. The van der Waals surface area contributed by atoms with Gasteiger partial charge in [0, 0.05) is 18.8 Å². The minimum Gasteiger partial charge on any atom is -0.497 e. The largest absolute Gasteiger partial charge is 0.497 e. The van der Waals surface area contributed by atoms with Crippen molar-refractivity contribution in [2.24, 2.45) is 0 Å². The molecule has 0 spiro atoms. The number of amides is 1. The second-order valence-corrected chi connectivity index (χ2v) is 5.36. The van der Waals surface area contributed by atoms with E-state index >= 15 is 0 Å². The Bertz CT molecular complexity index is 428. The second kappa shape index (κ2) is 8.64. The molecular weight excluding hydrogens is 266 g/mol. The molecule has 1 saturated heterocycles. The number of benzene rings is 1. The van der Waals surface area contributed by atoms with Crippen LogP contribution in [0.1, 0.15) is 19.3 Å². The number of methoxy groups -OCH3 is 1. The molecule has 0 aromatic heterocycles. The van der Waals surface area contributed by atoms with Gasteiger partial charge < -0.3 is 20.3 Å². The summed E-state index contributed by atoms with van der Waals surface area (Å²) in [6.07, 6.45) is 3.96. The summed E-state index contributed by atoms with van der Waals surface area (Å²) in [5.74, 6) is 0.770. The Morgan fingerprint density at radius 1 is 1.19 bits per heavy atom. The molecule has 1 fully saturated rings. The number of ether oxygens (including phenoxy) is 1. The molecule has 1 aromatic carbocycles. The Morgan fingerprint density at radius 2 is 1.90 bits per heavy atom. The number of nitrogens with zero attached hydrogens (tertiary/aromatic N) is 1. The summed E-state index contributed by atoms with van der Waals surface area (Å²) < 4.78 is 5.08. The summed E-state index contributed by atoms with van der Waals surface area (Å²) in [4.78, 5) is 14.3. The molecule has 0 radical (unpaired) electrons. The van der Waals surface area contributed by atoms with Crippen molar-refractivity contribution in [3.63, 3.8) is 0 Å². The van der Waals surface area contributed by atoms with Crippen molar-refractivity contribution in [3.05, 3.63) is 24.3 Å². The Balaban J connectivity index is 1.60. The van der Waals surface area contributed by atoms with Gasteiger partial charge in [-0.1, -0.05) is 6.42 Å². The molecule has 0 aliphatic carbocycles. The average molecular weight is 291 g/mol. The van der Waals surface area contributed by atoms with E-state index < -0.39 is 0 Å². The van der Waals surface area contributed by atoms with E-state index in [1.807, 2.05) is 24.3 Å². The number of piperidine rings is 1. The quantitative estimate of drug-likeness (QED) is 0.751. The second-order valence-electron chi connectivity index (χ2n) is 5.36. The Hall–Kier alpha value is -1.59. The minimum absolute atomic E-state index is 0.0150.